The number of carbonyl (C=O) groups excluding carboxylic acids is 2. The first-order valence-electron chi connectivity index (χ1n) is 12.4. The normalized spacial score (nSPS) is 28.8. The maximum Gasteiger partial charge on any atom is 0.310 e. The summed E-state index contributed by atoms with van der Waals surface area (Å²) < 4.78 is 6.23. The molecule has 3 heterocycles. The average Bonchev–Trinajstić information content (AvgIpc) is 3.49. The zero-order chi connectivity index (χ0) is 25.3. The minimum Gasteiger partial charge on any atom is -0.481 e. The third kappa shape index (κ3) is 4.00. The smallest absolute Gasteiger partial charge is 0.310 e. The van der Waals surface area contributed by atoms with Crippen molar-refractivity contribution >= 4 is 29.2 Å². The van der Waals surface area contributed by atoms with Gasteiger partial charge in [0.2, 0.25) is 5.91 Å². The number of fused-ring (bicyclic) bond motifs is 1. The molecule has 5 atom stereocenters. The van der Waals surface area contributed by atoms with E-state index in [1.165, 1.54) is 4.90 Å². The number of hydrogen-bond donors (Lipinski definition) is 2. The van der Waals surface area contributed by atoms with Gasteiger partial charge in [0.15, 0.2) is 0 Å². The van der Waals surface area contributed by atoms with Gasteiger partial charge in [-0.1, -0.05) is 6.08 Å². The lowest BCUT2D eigenvalue weighted by atomic mass is 9.70. The van der Waals surface area contributed by atoms with Crippen LogP contribution in [-0.2, 0) is 19.1 Å². The molecule has 2 amide bonds. The molecule has 3 aliphatic rings. The lowest BCUT2D eigenvalue weighted by Gasteiger charge is -2.36. The van der Waals surface area contributed by atoms with Crippen molar-refractivity contribution < 1.29 is 29.3 Å². The van der Waals surface area contributed by atoms with E-state index in [0.717, 1.165) is 18.8 Å². The van der Waals surface area contributed by atoms with Gasteiger partial charge in [-0.25, -0.2) is 0 Å². The van der Waals surface area contributed by atoms with Gasteiger partial charge in [0.1, 0.15) is 11.6 Å². The Hall–Kier alpha value is -2.91. The molecular weight excluding hydrogens is 450 g/mol. The number of benzene rings is 1. The number of carbonyl (C=O) groups is 3. The molecule has 3 saturated heterocycles. The highest BCUT2D eigenvalue weighted by molar-refractivity contribution is 6.04. The molecule has 0 aromatic heterocycles. The maximum absolute atomic E-state index is 14.2. The molecule has 2 bridgehead atoms. The first-order chi connectivity index (χ1) is 16.8. The number of anilines is 2. The number of aliphatic hydroxyl groups excluding tert-OH is 1. The molecule has 0 unspecified atom stereocenters. The van der Waals surface area contributed by atoms with Crippen molar-refractivity contribution in [2.75, 3.05) is 42.6 Å². The van der Waals surface area contributed by atoms with Crippen molar-refractivity contribution in [1.29, 1.82) is 0 Å². The number of rotatable bonds is 11. The third-order valence-electron chi connectivity index (χ3n) is 7.74. The van der Waals surface area contributed by atoms with Gasteiger partial charge in [-0.2, -0.15) is 0 Å². The molecule has 0 saturated carbocycles. The predicted octanol–water partition coefficient (Wildman–Crippen LogP) is 1.89. The SMILES string of the molecule is C=CCN(C(=O)[C@@H]1N(CCCO)C(=O)[C@H]2[C@H](C(=O)O)[C@@H]3CC[C@]12O3)c1ccc(N(CC)CC)cc1. The van der Waals surface area contributed by atoms with E-state index in [2.05, 4.69) is 25.3 Å². The summed E-state index contributed by atoms with van der Waals surface area (Å²) in [6, 6.07) is 6.74. The zero-order valence-electron chi connectivity index (χ0n) is 20.4. The van der Waals surface area contributed by atoms with Gasteiger partial charge >= 0.3 is 5.97 Å². The van der Waals surface area contributed by atoms with Crippen LogP contribution < -0.4 is 9.80 Å². The van der Waals surface area contributed by atoms with E-state index in [-0.39, 0.29) is 31.5 Å². The Labute approximate surface area is 205 Å². The van der Waals surface area contributed by atoms with Crippen LogP contribution in [-0.4, -0.2) is 83.4 Å². The second-order valence-electron chi connectivity index (χ2n) is 9.43. The van der Waals surface area contributed by atoms with Gasteiger partial charge < -0.3 is 29.6 Å². The highest BCUT2D eigenvalue weighted by Crippen LogP contribution is 2.58. The first-order valence-corrected chi connectivity index (χ1v) is 12.4. The fraction of sp³-hybridized carbons (Fsp3) is 0.577. The van der Waals surface area contributed by atoms with E-state index < -0.39 is 35.6 Å². The van der Waals surface area contributed by atoms with Crippen molar-refractivity contribution in [2.24, 2.45) is 11.8 Å². The quantitative estimate of drug-likeness (QED) is 0.461. The largest absolute Gasteiger partial charge is 0.481 e. The van der Waals surface area contributed by atoms with Crippen LogP contribution in [0.4, 0.5) is 11.4 Å². The Balaban J connectivity index is 1.71. The number of nitrogens with zero attached hydrogens (tertiary/aromatic N) is 3. The summed E-state index contributed by atoms with van der Waals surface area (Å²) in [5.41, 5.74) is 0.548. The molecule has 9 nitrogen and oxygen atoms in total. The van der Waals surface area contributed by atoms with Crippen LogP contribution in [0.25, 0.3) is 0 Å². The summed E-state index contributed by atoms with van der Waals surface area (Å²) in [7, 11) is 0. The molecule has 9 heteroatoms. The predicted molar refractivity (Wildman–Crippen MR) is 131 cm³/mol. The van der Waals surface area contributed by atoms with Crippen LogP contribution in [0, 0.1) is 11.8 Å². The highest BCUT2D eigenvalue weighted by Gasteiger charge is 2.74. The van der Waals surface area contributed by atoms with E-state index in [4.69, 9.17) is 4.74 Å². The van der Waals surface area contributed by atoms with Crippen LogP contribution in [0.5, 0.6) is 0 Å². The molecular formula is C26H35N3O6. The molecule has 2 N–H and O–H groups in total. The molecule has 0 radical (unpaired) electrons. The number of aliphatic hydroxyl groups is 1. The standard InChI is InChI=1S/C26H35N3O6/c1-4-14-28(18-10-8-17(9-11-18)27(5-2)6-3)24(32)22-26-13-12-19(35-26)20(25(33)34)21(26)23(31)29(22)15-7-16-30/h4,8-11,19-22,30H,1,5-7,12-16H2,2-3H3,(H,33,34)/t19-,20+,21+,22-,26+/m0/s1. The minimum atomic E-state index is -1.17. The van der Waals surface area contributed by atoms with Gasteiger partial charge in [0.25, 0.3) is 5.91 Å². The summed E-state index contributed by atoms with van der Waals surface area (Å²) in [4.78, 5) is 45.0. The second-order valence-corrected chi connectivity index (χ2v) is 9.43. The zero-order valence-corrected chi connectivity index (χ0v) is 20.4. The van der Waals surface area contributed by atoms with Crippen LogP contribution in [0.2, 0.25) is 0 Å². The van der Waals surface area contributed by atoms with Crippen LogP contribution in [0.15, 0.2) is 36.9 Å². The van der Waals surface area contributed by atoms with Crippen LogP contribution in [0.1, 0.15) is 33.1 Å². The fourth-order valence-corrected chi connectivity index (χ4v) is 6.23. The van der Waals surface area contributed by atoms with E-state index in [9.17, 15) is 24.6 Å². The summed E-state index contributed by atoms with van der Waals surface area (Å²) >= 11 is 0. The molecule has 3 aliphatic heterocycles. The number of ether oxygens (including phenoxy) is 1. The average molecular weight is 486 g/mol. The number of amides is 2. The van der Waals surface area contributed by atoms with E-state index in [1.807, 2.05) is 24.3 Å². The number of aliphatic carboxylic acids is 1. The van der Waals surface area contributed by atoms with E-state index >= 15 is 0 Å². The van der Waals surface area contributed by atoms with Crippen molar-refractivity contribution in [3.05, 3.63) is 36.9 Å². The molecule has 4 rings (SSSR count). The number of hydrogen-bond acceptors (Lipinski definition) is 6. The van der Waals surface area contributed by atoms with Gasteiger partial charge in [0, 0.05) is 44.2 Å². The van der Waals surface area contributed by atoms with E-state index in [0.29, 0.717) is 24.9 Å². The number of carboxylic acids is 1. The monoisotopic (exact) mass is 485 g/mol. The Bertz CT molecular complexity index is 978. The van der Waals surface area contributed by atoms with Crippen molar-refractivity contribution in [2.45, 2.75) is 50.9 Å². The Kier molecular flexibility index (Phi) is 7.19. The summed E-state index contributed by atoms with van der Waals surface area (Å²) in [5, 5.41) is 19.3. The Morgan fingerprint density at radius 3 is 2.46 bits per heavy atom. The fourth-order valence-electron chi connectivity index (χ4n) is 6.23. The van der Waals surface area contributed by atoms with Gasteiger partial charge in [-0.05, 0) is 57.4 Å². The van der Waals surface area contributed by atoms with Crippen LogP contribution >= 0.6 is 0 Å². The van der Waals surface area contributed by atoms with Crippen molar-refractivity contribution in [1.82, 2.24) is 4.90 Å². The van der Waals surface area contributed by atoms with E-state index in [1.54, 1.807) is 11.0 Å². The molecule has 1 spiro atoms. The number of carboxylic acid groups (broad SMARTS) is 1. The lowest BCUT2D eigenvalue weighted by molar-refractivity contribution is -0.149. The second kappa shape index (κ2) is 9.99. The Morgan fingerprint density at radius 1 is 1.23 bits per heavy atom. The van der Waals surface area contributed by atoms with Gasteiger partial charge in [-0.15, -0.1) is 6.58 Å². The van der Waals surface area contributed by atoms with Crippen LogP contribution in [0.3, 0.4) is 0 Å². The van der Waals surface area contributed by atoms with Gasteiger partial charge in [-0.3, -0.25) is 14.4 Å². The molecule has 0 aliphatic carbocycles. The highest BCUT2D eigenvalue weighted by atomic mass is 16.5. The summed E-state index contributed by atoms with van der Waals surface area (Å²) in [5.74, 6) is -3.63. The molecule has 190 valence electrons. The third-order valence-corrected chi connectivity index (χ3v) is 7.74. The first kappa shape index (κ1) is 25.2. The molecule has 3 fully saturated rings. The summed E-state index contributed by atoms with van der Waals surface area (Å²) in [6.45, 7) is 9.96. The molecule has 1 aromatic carbocycles. The topological polar surface area (TPSA) is 111 Å². The lowest BCUT2D eigenvalue weighted by Crippen LogP contribution is -2.56. The van der Waals surface area contributed by atoms with Crippen molar-refractivity contribution in [3.8, 4) is 0 Å². The molecule has 1 aromatic rings. The number of likely N-dealkylation sites (tertiary alicyclic amines) is 1. The Morgan fingerprint density at radius 2 is 1.89 bits per heavy atom. The summed E-state index contributed by atoms with van der Waals surface area (Å²) in [6.07, 6.45) is 2.30. The van der Waals surface area contributed by atoms with Crippen molar-refractivity contribution in [3.63, 3.8) is 0 Å². The molecule has 35 heavy (non-hydrogen) atoms. The van der Waals surface area contributed by atoms with Gasteiger partial charge in [0.05, 0.1) is 17.9 Å². The minimum absolute atomic E-state index is 0.141. The maximum atomic E-state index is 14.2.